The van der Waals surface area contributed by atoms with Crippen molar-refractivity contribution in [2.45, 2.75) is 17.7 Å². The van der Waals surface area contributed by atoms with Crippen LogP contribution in [0.15, 0.2) is 23.1 Å². The molecule has 1 aromatic rings. The van der Waals surface area contributed by atoms with E-state index in [1.165, 1.54) is 29.6 Å². The van der Waals surface area contributed by atoms with Crippen LogP contribution in [0.5, 0.6) is 5.75 Å². The molecule has 0 spiro atoms. The lowest BCUT2D eigenvalue weighted by molar-refractivity contribution is 0.108. The Morgan fingerprint density at radius 2 is 1.95 bits per heavy atom. The highest BCUT2D eigenvalue weighted by atomic mass is 35.5. The zero-order valence-electron chi connectivity index (χ0n) is 10.4. The Morgan fingerprint density at radius 1 is 1.32 bits per heavy atom. The monoisotopic (exact) mass is 303 g/mol. The predicted molar refractivity (Wildman–Crippen MR) is 71.2 cm³/mol. The third-order valence-electron chi connectivity index (χ3n) is 3.07. The van der Waals surface area contributed by atoms with Crippen molar-refractivity contribution in [3.05, 3.63) is 23.8 Å². The summed E-state index contributed by atoms with van der Waals surface area (Å²) < 4.78 is 31.4. The van der Waals surface area contributed by atoms with Crippen LogP contribution in [0.3, 0.4) is 0 Å². The van der Waals surface area contributed by atoms with E-state index in [-0.39, 0.29) is 16.2 Å². The molecule has 19 heavy (non-hydrogen) atoms. The van der Waals surface area contributed by atoms with Crippen molar-refractivity contribution in [2.24, 2.45) is 0 Å². The van der Waals surface area contributed by atoms with E-state index in [2.05, 4.69) is 0 Å². The fourth-order valence-corrected chi connectivity index (χ4v) is 3.88. The number of hydrogen-bond donors (Lipinski definition) is 0. The Morgan fingerprint density at radius 3 is 2.47 bits per heavy atom. The number of ether oxygens (including phenoxy) is 1. The minimum absolute atomic E-state index is 0.0107. The maximum atomic E-state index is 12.5. The van der Waals surface area contributed by atoms with Crippen molar-refractivity contribution in [3.63, 3.8) is 0 Å². The summed E-state index contributed by atoms with van der Waals surface area (Å²) in [6.45, 7) is 0.981. The maximum absolute atomic E-state index is 12.5. The van der Waals surface area contributed by atoms with Gasteiger partial charge in [0, 0.05) is 18.7 Å². The zero-order chi connectivity index (χ0) is 14.0. The number of nitrogens with zero attached hydrogens (tertiary/aromatic N) is 1. The molecule has 1 fully saturated rings. The largest absolute Gasteiger partial charge is 0.495 e. The van der Waals surface area contributed by atoms with Crippen LogP contribution in [0.25, 0.3) is 0 Å². The molecule has 0 aromatic heterocycles. The summed E-state index contributed by atoms with van der Waals surface area (Å²) >= 11 is 5.39. The number of hydrogen-bond acceptors (Lipinski definition) is 4. The lowest BCUT2D eigenvalue weighted by Gasteiger charge is -2.17. The van der Waals surface area contributed by atoms with Crippen LogP contribution >= 0.6 is 11.6 Å². The molecule has 0 N–H and O–H groups in total. The normalized spacial score (nSPS) is 16.5. The molecule has 0 bridgehead atoms. The summed E-state index contributed by atoms with van der Waals surface area (Å²) in [5.41, 5.74) is 0.139. The first-order chi connectivity index (χ1) is 8.96. The van der Waals surface area contributed by atoms with E-state index >= 15 is 0 Å². The minimum Gasteiger partial charge on any atom is -0.495 e. The average molecular weight is 304 g/mol. The van der Waals surface area contributed by atoms with Crippen LogP contribution in [0.4, 0.5) is 0 Å². The molecule has 1 aliphatic heterocycles. The van der Waals surface area contributed by atoms with Gasteiger partial charge in [0.05, 0.1) is 7.11 Å². The van der Waals surface area contributed by atoms with Crippen molar-refractivity contribution in [1.82, 2.24) is 4.31 Å². The summed E-state index contributed by atoms with van der Waals surface area (Å²) in [6.07, 6.45) is 1.69. The van der Waals surface area contributed by atoms with E-state index in [4.69, 9.17) is 16.3 Å². The molecular formula is C12H14ClNO4S. The Kier molecular flexibility index (Phi) is 4.13. The summed E-state index contributed by atoms with van der Waals surface area (Å²) in [7, 11) is -2.25. The van der Waals surface area contributed by atoms with Gasteiger partial charge in [-0.25, -0.2) is 8.42 Å². The molecule has 1 aromatic carbocycles. The summed E-state index contributed by atoms with van der Waals surface area (Å²) in [4.78, 5) is 11.2. The van der Waals surface area contributed by atoms with Gasteiger partial charge in [0.25, 0.3) is 5.24 Å². The molecule has 0 unspecified atom stereocenters. The van der Waals surface area contributed by atoms with Crippen LogP contribution in [-0.4, -0.2) is 38.2 Å². The Hall–Kier alpha value is -1.11. The fourth-order valence-electron chi connectivity index (χ4n) is 2.07. The van der Waals surface area contributed by atoms with E-state index in [0.717, 1.165) is 12.8 Å². The van der Waals surface area contributed by atoms with Crippen molar-refractivity contribution in [3.8, 4) is 5.75 Å². The molecule has 5 nitrogen and oxygen atoms in total. The Labute approximate surface area is 117 Å². The van der Waals surface area contributed by atoms with E-state index in [9.17, 15) is 13.2 Å². The van der Waals surface area contributed by atoms with Gasteiger partial charge in [-0.05, 0) is 42.6 Å². The van der Waals surface area contributed by atoms with Crippen molar-refractivity contribution < 1.29 is 17.9 Å². The maximum Gasteiger partial charge on any atom is 0.252 e. The van der Waals surface area contributed by atoms with Gasteiger partial charge in [0.15, 0.2) is 0 Å². The number of benzene rings is 1. The molecule has 7 heteroatoms. The van der Waals surface area contributed by atoms with Gasteiger partial charge in [-0.2, -0.15) is 4.31 Å². The Balaban J connectivity index is 2.52. The van der Waals surface area contributed by atoms with E-state index in [1.807, 2.05) is 0 Å². The molecular weight excluding hydrogens is 290 g/mol. The molecule has 0 amide bonds. The third-order valence-corrected chi connectivity index (χ3v) is 5.21. The first kappa shape index (κ1) is 14.3. The molecule has 1 heterocycles. The number of sulfonamides is 1. The average Bonchev–Trinajstić information content (AvgIpc) is 2.92. The van der Waals surface area contributed by atoms with Crippen molar-refractivity contribution >= 4 is 26.9 Å². The smallest absolute Gasteiger partial charge is 0.252 e. The van der Waals surface area contributed by atoms with Crippen LogP contribution < -0.4 is 4.74 Å². The van der Waals surface area contributed by atoms with Crippen LogP contribution in [-0.2, 0) is 10.0 Å². The van der Waals surface area contributed by atoms with Gasteiger partial charge in [0.2, 0.25) is 10.0 Å². The van der Waals surface area contributed by atoms with E-state index in [0.29, 0.717) is 13.1 Å². The van der Waals surface area contributed by atoms with Gasteiger partial charge in [0.1, 0.15) is 10.6 Å². The van der Waals surface area contributed by atoms with E-state index in [1.54, 1.807) is 0 Å². The lowest BCUT2D eigenvalue weighted by atomic mass is 10.2. The molecule has 2 rings (SSSR count). The van der Waals surface area contributed by atoms with Gasteiger partial charge in [-0.15, -0.1) is 0 Å². The number of halogens is 1. The SMILES string of the molecule is COc1ccc(C(=O)Cl)cc1S(=O)(=O)N1CCCC1. The van der Waals surface area contributed by atoms with Gasteiger partial charge < -0.3 is 4.74 Å². The first-order valence-corrected chi connectivity index (χ1v) is 7.66. The first-order valence-electron chi connectivity index (χ1n) is 5.85. The van der Waals surface area contributed by atoms with Crippen LogP contribution in [0.2, 0.25) is 0 Å². The second kappa shape index (κ2) is 5.48. The number of rotatable bonds is 4. The summed E-state index contributed by atoms with van der Waals surface area (Å²) in [5, 5.41) is -0.694. The molecule has 1 aliphatic rings. The highest BCUT2D eigenvalue weighted by Gasteiger charge is 2.30. The standard InChI is InChI=1S/C12H14ClNO4S/c1-18-10-5-4-9(12(13)15)8-11(10)19(16,17)14-6-2-3-7-14/h4-5,8H,2-3,6-7H2,1H3. The Bertz CT molecular complexity index is 594. The molecule has 0 aliphatic carbocycles. The summed E-state index contributed by atoms with van der Waals surface area (Å²) in [6, 6.07) is 4.15. The quantitative estimate of drug-likeness (QED) is 0.797. The van der Waals surface area contributed by atoms with Gasteiger partial charge in [-0.3, -0.25) is 4.79 Å². The highest BCUT2D eigenvalue weighted by Crippen LogP contribution is 2.30. The molecule has 0 radical (unpaired) electrons. The third kappa shape index (κ3) is 2.75. The number of carbonyl (C=O) groups excluding carboxylic acids is 1. The van der Waals surface area contributed by atoms with Crippen molar-refractivity contribution in [1.29, 1.82) is 0 Å². The number of methoxy groups -OCH3 is 1. The zero-order valence-corrected chi connectivity index (χ0v) is 12.0. The lowest BCUT2D eigenvalue weighted by Crippen LogP contribution is -2.28. The van der Waals surface area contributed by atoms with Gasteiger partial charge >= 0.3 is 0 Å². The summed E-state index contributed by atoms with van der Waals surface area (Å²) in [5.74, 6) is 0.216. The number of carbonyl (C=O) groups is 1. The highest BCUT2D eigenvalue weighted by molar-refractivity contribution is 7.89. The molecule has 104 valence electrons. The second-order valence-electron chi connectivity index (χ2n) is 4.25. The van der Waals surface area contributed by atoms with Gasteiger partial charge in [-0.1, -0.05) is 0 Å². The predicted octanol–water partition coefficient (Wildman–Crippen LogP) is 1.86. The topological polar surface area (TPSA) is 63.7 Å². The fraction of sp³-hybridized carbons (Fsp3) is 0.417. The minimum atomic E-state index is -3.64. The van der Waals surface area contributed by atoms with Crippen LogP contribution in [0.1, 0.15) is 23.2 Å². The van der Waals surface area contributed by atoms with Crippen LogP contribution in [0, 0.1) is 0 Å². The molecule has 0 atom stereocenters. The van der Waals surface area contributed by atoms with Crippen molar-refractivity contribution in [2.75, 3.05) is 20.2 Å². The molecule has 0 saturated carbocycles. The second-order valence-corrected chi connectivity index (χ2v) is 6.50. The van der Waals surface area contributed by atoms with E-state index < -0.39 is 15.3 Å². The molecule has 1 saturated heterocycles.